The van der Waals surface area contributed by atoms with Crippen LogP contribution in [0.2, 0.25) is 0 Å². The minimum Gasteiger partial charge on any atom is -0.369 e. The summed E-state index contributed by atoms with van der Waals surface area (Å²) in [5.41, 5.74) is 5.54. The number of rotatable bonds is 6. The summed E-state index contributed by atoms with van der Waals surface area (Å²) in [7, 11) is 0. The van der Waals surface area contributed by atoms with Crippen LogP contribution < -0.4 is 11.1 Å². The predicted octanol–water partition coefficient (Wildman–Crippen LogP) is 2.16. The van der Waals surface area contributed by atoms with Gasteiger partial charge in [-0.2, -0.15) is 0 Å². The van der Waals surface area contributed by atoms with E-state index in [4.69, 9.17) is 5.73 Å². The summed E-state index contributed by atoms with van der Waals surface area (Å²) >= 11 is 0. The second-order valence-electron chi connectivity index (χ2n) is 6.17. The molecule has 24 heavy (non-hydrogen) atoms. The Bertz CT molecular complexity index is 767. The van der Waals surface area contributed by atoms with Gasteiger partial charge in [-0.25, -0.2) is 0 Å². The van der Waals surface area contributed by atoms with Crippen molar-refractivity contribution < 1.29 is 14.4 Å². The average Bonchev–Trinajstić information content (AvgIpc) is 2.59. The van der Waals surface area contributed by atoms with E-state index in [0.717, 1.165) is 0 Å². The fraction of sp³-hybridized carbons (Fsp3) is 0.211. The summed E-state index contributed by atoms with van der Waals surface area (Å²) in [6.07, 6.45) is 0. The third-order valence-corrected chi connectivity index (χ3v) is 3.81. The predicted molar refractivity (Wildman–Crippen MR) is 91.6 cm³/mol. The highest BCUT2D eigenvalue weighted by Gasteiger charge is 2.26. The molecule has 5 nitrogen and oxygen atoms in total. The maximum atomic E-state index is 12.6. The molecule has 0 aliphatic carbocycles. The van der Waals surface area contributed by atoms with Gasteiger partial charge >= 0.3 is 0 Å². The monoisotopic (exact) mass is 324 g/mol. The summed E-state index contributed by atoms with van der Waals surface area (Å²) in [6.45, 7) is 3.39. The molecule has 0 fully saturated rings. The van der Waals surface area contributed by atoms with Crippen molar-refractivity contribution in [2.45, 2.75) is 13.8 Å². The molecule has 0 saturated carbocycles. The standard InChI is InChI=1S/C19H20N2O3/c1-19(2,18(20)24)12-21-17(23)15-11-7-6-10-14(15)16(22)13-8-4-3-5-9-13/h3-11H,12H2,1-2H3,(H2,20,24)(H,21,23). The number of nitrogens with one attached hydrogen (secondary N) is 1. The van der Waals surface area contributed by atoms with Gasteiger partial charge in [-0.1, -0.05) is 48.5 Å². The normalized spacial score (nSPS) is 10.9. The Morgan fingerprint density at radius 1 is 0.917 bits per heavy atom. The lowest BCUT2D eigenvalue weighted by Crippen LogP contribution is -2.42. The van der Waals surface area contributed by atoms with E-state index in [1.165, 1.54) is 0 Å². The van der Waals surface area contributed by atoms with Gasteiger partial charge in [0.25, 0.3) is 5.91 Å². The van der Waals surface area contributed by atoms with Crippen LogP contribution in [0.1, 0.15) is 40.1 Å². The van der Waals surface area contributed by atoms with Gasteiger partial charge in [0.1, 0.15) is 0 Å². The number of benzene rings is 2. The van der Waals surface area contributed by atoms with Crippen LogP contribution in [0.4, 0.5) is 0 Å². The molecule has 2 rings (SSSR count). The Balaban J connectivity index is 2.24. The summed E-state index contributed by atoms with van der Waals surface area (Å²) < 4.78 is 0. The van der Waals surface area contributed by atoms with Gasteiger partial charge in [-0.3, -0.25) is 14.4 Å². The van der Waals surface area contributed by atoms with E-state index in [1.807, 2.05) is 6.07 Å². The summed E-state index contributed by atoms with van der Waals surface area (Å²) in [5.74, 6) is -1.14. The summed E-state index contributed by atoms with van der Waals surface area (Å²) in [6, 6.07) is 15.4. The van der Waals surface area contributed by atoms with Crippen molar-refractivity contribution in [3.8, 4) is 0 Å². The fourth-order valence-corrected chi connectivity index (χ4v) is 2.11. The number of carbonyl (C=O) groups is 3. The third kappa shape index (κ3) is 3.87. The molecule has 0 unspecified atom stereocenters. The molecular weight excluding hydrogens is 304 g/mol. The van der Waals surface area contributed by atoms with Crippen molar-refractivity contribution in [2.75, 3.05) is 6.54 Å². The van der Waals surface area contributed by atoms with Crippen molar-refractivity contribution in [3.05, 3.63) is 71.3 Å². The molecule has 0 spiro atoms. The van der Waals surface area contributed by atoms with Crippen molar-refractivity contribution in [3.63, 3.8) is 0 Å². The number of nitrogens with two attached hydrogens (primary N) is 1. The molecule has 0 radical (unpaired) electrons. The summed E-state index contributed by atoms with van der Waals surface area (Å²) in [5, 5.41) is 2.68. The van der Waals surface area contributed by atoms with Crippen molar-refractivity contribution >= 4 is 17.6 Å². The zero-order valence-electron chi connectivity index (χ0n) is 13.7. The molecule has 0 aliphatic rings. The Hall–Kier alpha value is -2.95. The molecule has 2 amide bonds. The Kier molecular flexibility index (Phi) is 5.14. The van der Waals surface area contributed by atoms with Crippen LogP contribution >= 0.6 is 0 Å². The van der Waals surface area contributed by atoms with Gasteiger partial charge in [-0.05, 0) is 19.9 Å². The van der Waals surface area contributed by atoms with Gasteiger partial charge in [0.2, 0.25) is 5.91 Å². The Labute approximate surface area is 140 Å². The minimum atomic E-state index is -0.867. The van der Waals surface area contributed by atoms with Crippen LogP contribution in [-0.2, 0) is 4.79 Å². The zero-order valence-corrected chi connectivity index (χ0v) is 13.7. The second kappa shape index (κ2) is 7.08. The van der Waals surface area contributed by atoms with E-state index in [-0.39, 0.29) is 17.9 Å². The maximum Gasteiger partial charge on any atom is 0.252 e. The lowest BCUT2D eigenvalue weighted by atomic mass is 9.92. The van der Waals surface area contributed by atoms with Gasteiger partial charge in [0.05, 0.1) is 11.0 Å². The maximum absolute atomic E-state index is 12.6. The van der Waals surface area contributed by atoms with E-state index >= 15 is 0 Å². The van der Waals surface area contributed by atoms with Crippen molar-refractivity contribution in [1.29, 1.82) is 0 Å². The van der Waals surface area contributed by atoms with E-state index in [2.05, 4.69) is 5.32 Å². The lowest BCUT2D eigenvalue weighted by molar-refractivity contribution is -0.125. The molecule has 5 heteroatoms. The number of ketones is 1. The lowest BCUT2D eigenvalue weighted by Gasteiger charge is -2.21. The molecule has 0 saturated heterocycles. The molecule has 3 N–H and O–H groups in total. The van der Waals surface area contributed by atoms with E-state index in [1.54, 1.807) is 62.4 Å². The number of carbonyl (C=O) groups excluding carboxylic acids is 3. The third-order valence-electron chi connectivity index (χ3n) is 3.81. The van der Waals surface area contributed by atoms with Crippen LogP contribution in [0.5, 0.6) is 0 Å². The second-order valence-corrected chi connectivity index (χ2v) is 6.17. The highest BCUT2D eigenvalue weighted by atomic mass is 16.2. The number of primary amides is 1. The van der Waals surface area contributed by atoms with E-state index < -0.39 is 17.2 Å². The number of hydrogen-bond acceptors (Lipinski definition) is 3. The summed E-state index contributed by atoms with van der Waals surface area (Å²) in [4.78, 5) is 36.4. The first kappa shape index (κ1) is 17.4. The van der Waals surface area contributed by atoms with Crippen LogP contribution in [0, 0.1) is 5.41 Å². The topological polar surface area (TPSA) is 89.3 Å². The fourth-order valence-electron chi connectivity index (χ4n) is 2.11. The van der Waals surface area contributed by atoms with Crippen LogP contribution in [-0.4, -0.2) is 24.1 Å². The Morgan fingerprint density at radius 2 is 1.46 bits per heavy atom. The smallest absolute Gasteiger partial charge is 0.252 e. The van der Waals surface area contributed by atoms with Crippen LogP contribution in [0.25, 0.3) is 0 Å². The quantitative estimate of drug-likeness (QED) is 0.798. The van der Waals surface area contributed by atoms with Gasteiger partial charge in [0, 0.05) is 17.7 Å². The zero-order chi connectivity index (χ0) is 17.7. The number of hydrogen-bond donors (Lipinski definition) is 2. The molecular formula is C19H20N2O3. The number of amides is 2. The van der Waals surface area contributed by atoms with Crippen LogP contribution in [0.3, 0.4) is 0 Å². The van der Waals surface area contributed by atoms with Crippen LogP contribution in [0.15, 0.2) is 54.6 Å². The highest BCUT2D eigenvalue weighted by Crippen LogP contribution is 2.16. The minimum absolute atomic E-state index is 0.0923. The Morgan fingerprint density at radius 3 is 2.04 bits per heavy atom. The highest BCUT2D eigenvalue weighted by molar-refractivity contribution is 6.15. The SMILES string of the molecule is CC(C)(CNC(=O)c1ccccc1C(=O)c1ccccc1)C(N)=O. The van der Waals surface area contributed by atoms with Gasteiger partial charge in [0.15, 0.2) is 5.78 Å². The molecule has 124 valence electrons. The molecule has 0 atom stereocenters. The molecule has 0 bridgehead atoms. The largest absolute Gasteiger partial charge is 0.369 e. The van der Waals surface area contributed by atoms with Crippen molar-refractivity contribution in [1.82, 2.24) is 5.32 Å². The molecule has 0 aliphatic heterocycles. The van der Waals surface area contributed by atoms with E-state index in [9.17, 15) is 14.4 Å². The first-order valence-electron chi connectivity index (χ1n) is 7.60. The molecule has 2 aromatic carbocycles. The van der Waals surface area contributed by atoms with Gasteiger partial charge in [-0.15, -0.1) is 0 Å². The van der Waals surface area contributed by atoms with E-state index in [0.29, 0.717) is 11.1 Å². The van der Waals surface area contributed by atoms with Crippen molar-refractivity contribution in [2.24, 2.45) is 11.1 Å². The molecule has 0 aromatic heterocycles. The first-order chi connectivity index (χ1) is 11.3. The average molecular weight is 324 g/mol. The first-order valence-corrected chi connectivity index (χ1v) is 7.60. The van der Waals surface area contributed by atoms with Gasteiger partial charge < -0.3 is 11.1 Å². The molecule has 2 aromatic rings. The molecule has 0 heterocycles.